The van der Waals surface area contributed by atoms with E-state index in [2.05, 4.69) is 10.3 Å². The third-order valence-corrected chi connectivity index (χ3v) is 3.40. The average Bonchev–Trinajstić information content (AvgIpc) is 2.54. The molecule has 124 valence electrons. The maximum atomic E-state index is 9.25. The number of aliphatic hydroxyl groups excluding tert-OH is 1. The zero-order chi connectivity index (χ0) is 16.7. The Morgan fingerprint density at radius 1 is 1.22 bits per heavy atom. The molecule has 0 aliphatic heterocycles. The van der Waals surface area contributed by atoms with E-state index in [0.29, 0.717) is 36.3 Å². The van der Waals surface area contributed by atoms with Gasteiger partial charge in [0.2, 0.25) is 0 Å². The number of benzene rings is 1. The Morgan fingerprint density at radius 2 is 2.00 bits per heavy atom. The Hall–Kier alpha value is -1.82. The molecule has 0 aliphatic rings. The van der Waals surface area contributed by atoms with E-state index < -0.39 is 0 Å². The molecule has 2 aromatic rings. The smallest absolute Gasteiger partial charge is 0.161 e. The third kappa shape index (κ3) is 5.71. The molecule has 1 atom stereocenters. The minimum Gasteiger partial charge on any atom is -0.493 e. The number of hydrogen-bond donors (Lipinski definition) is 2. The minimum absolute atomic E-state index is 0.368. The van der Waals surface area contributed by atoms with Crippen molar-refractivity contribution in [2.75, 3.05) is 13.7 Å². The molecular weight excluding hydrogens is 316 g/mol. The van der Waals surface area contributed by atoms with E-state index in [4.69, 9.17) is 21.1 Å². The minimum atomic E-state index is -0.368. The summed E-state index contributed by atoms with van der Waals surface area (Å²) in [6.07, 6.45) is 1.32. The molecule has 0 fully saturated rings. The lowest BCUT2D eigenvalue weighted by atomic mass is 10.2. The number of nitrogens with zero attached hydrogens (tertiary/aromatic N) is 1. The quantitative estimate of drug-likeness (QED) is 0.726. The van der Waals surface area contributed by atoms with Gasteiger partial charge in [-0.1, -0.05) is 23.7 Å². The fourth-order valence-electron chi connectivity index (χ4n) is 2.02. The summed E-state index contributed by atoms with van der Waals surface area (Å²) in [5.74, 6) is 1.34. The molecule has 1 aromatic carbocycles. The van der Waals surface area contributed by atoms with Crippen molar-refractivity contribution in [1.29, 1.82) is 0 Å². The zero-order valence-corrected chi connectivity index (χ0v) is 14.0. The first-order chi connectivity index (χ1) is 11.1. The summed E-state index contributed by atoms with van der Waals surface area (Å²) in [5, 5.41) is 12.9. The van der Waals surface area contributed by atoms with E-state index in [0.717, 1.165) is 11.1 Å². The topological polar surface area (TPSA) is 63.6 Å². The van der Waals surface area contributed by atoms with Crippen LogP contribution in [0.1, 0.15) is 18.1 Å². The molecule has 2 rings (SSSR count). The Bertz CT molecular complexity index is 618. The van der Waals surface area contributed by atoms with Crippen molar-refractivity contribution < 1.29 is 14.6 Å². The van der Waals surface area contributed by atoms with Gasteiger partial charge in [0.1, 0.15) is 11.8 Å². The third-order valence-electron chi connectivity index (χ3n) is 3.18. The van der Waals surface area contributed by atoms with Crippen LogP contribution in [-0.2, 0) is 13.2 Å². The summed E-state index contributed by atoms with van der Waals surface area (Å²) >= 11 is 5.76. The first-order valence-electron chi connectivity index (χ1n) is 7.37. The summed E-state index contributed by atoms with van der Waals surface area (Å²) in [6.45, 7) is 3.34. The number of aliphatic hydroxyl groups is 1. The molecule has 0 saturated carbocycles. The van der Waals surface area contributed by atoms with Crippen LogP contribution in [0.3, 0.4) is 0 Å². The lowest BCUT2D eigenvalue weighted by Crippen LogP contribution is -2.23. The van der Waals surface area contributed by atoms with Crippen molar-refractivity contribution in [3.05, 3.63) is 52.8 Å². The molecule has 0 unspecified atom stereocenters. The highest BCUT2D eigenvalue weighted by Crippen LogP contribution is 2.28. The van der Waals surface area contributed by atoms with Crippen LogP contribution in [-0.4, -0.2) is 29.8 Å². The SMILES string of the molecule is COc1cc(CNC[C@H](C)O)ccc1OCc1ccc(Cl)nc1. The maximum Gasteiger partial charge on any atom is 0.161 e. The van der Waals surface area contributed by atoms with E-state index in [9.17, 15) is 5.11 Å². The number of rotatable bonds is 8. The Kier molecular flexibility index (Phi) is 6.65. The predicted octanol–water partition coefficient (Wildman–Crippen LogP) is 2.79. The number of ether oxygens (including phenoxy) is 2. The second kappa shape index (κ2) is 8.72. The van der Waals surface area contributed by atoms with Gasteiger partial charge in [-0.05, 0) is 30.7 Å². The molecule has 0 aliphatic carbocycles. The summed E-state index contributed by atoms with van der Waals surface area (Å²) in [7, 11) is 1.61. The number of hydrogen-bond acceptors (Lipinski definition) is 5. The largest absolute Gasteiger partial charge is 0.493 e. The fourth-order valence-corrected chi connectivity index (χ4v) is 2.13. The van der Waals surface area contributed by atoms with Crippen molar-refractivity contribution in [3.8, 4) is 11.5 Å². The monoisotopic (exact) mass is 336 g/mol. The molecule has 0 spiro atoms. The van der Waals surface area contributed by atoms with Crippen molar-refractivity contribution in [3.63, 3.8) is 0 Å². The lowest BCUT2D eigenvalue weighted by Gasteiger charge is -2.13. The van der Waals surface area contributed by atoms with Crippen LogP contribution >= 0.6 is 11.6 Å². The zero-order valence-electron chi connectivity index (χ0n) is 13.3. The molecule has 2 N–H and O–H groups in total. The number of halogens is 1. The van der Waals surface area contributed by atoms with Gasteiger partial charge in [-0.15, -0.1) is 0 Å². The maximum absolute atomic E-state index is 9.25. The van der Waals surface area contributed by atoms with Gasteiger partial charge in [-0.25, -0.2) is 4.98 Å². The van der Waals surface area contributed by atoms with Gasteiger partial charge < -0.3 is 19.9 Å². The molecular formula is C17H21ClN2O3. The molecule has 1 aromatic heterocycles. The van der Waals surface area contributed by atoms with Crippen LogP contribution in [0.2, 0.25) is 5.15 Å². The van der Waals surface area contributed by atoms with Gasteiger partial charge in [0.05, 0.1) is 13.2 Å². The molecule has 5 nitrogen and oxygen atoms in total. The molecule has 0 bridgehead atoms. The number of pyridine rings is 1. The molecule has 0 amide bonds. The number of nitrogens with one attached hydrogen (secondary N) is 1. The molecule has 0 radical (unpaired) electrons. The lowest BCUT2D eigenvalue weighted by molar-refractivity contribution is 0.191. The molecule has 1 heterocycles. The molecule has 23 heavy (non-hydrogen) atoms. The Labute approximate surface area is 141 Å². The van der Waals surface area contributed by atoms with Gasteiger partial charge in [-0.3, -0.25) is 0 Å². The first-order valence-corrected chi connectivity index (χ1v) is 7.75. The Morgan fingerprint density at radius 3 is 2.65 bits per heavy atom. The van der Waals surface area contributed by atoms with E-state index >= 15 is 0 Å². The van der Waals surface area contributed by atoms with Gasteiger partial charge in [0, 0.05) is 24.8 Å². The van der Waals surface area contributed by atoms with Gasteiger partial charge in [0.15, 0.2) is 11.5 Å². The van der Waals surface area contributed by atoms with Gasteiger partial charge in [0.25, 0.3) is 0 Å². The highest BCUT2D eigenvalue weighted by Gasteiger charge is 2.07. The highest BCUT2D eigenvalue weighted by molar-refractivity contribution is 6.29. The second-order valence-electron chi connectivity index (χ2n) is 5.24. The van der Waals surface area contributed by atoms with E-state index in [1.165, 1.54) is 0 Å². The second-order valence-corrected chi connectivity index (χ2v) is 5.63. The van der Waals surface area contributed by atoms with Crippen LogP contribution in [0.15, 0.2) is 36.5 Å². The standard InChI is InChI=1S/C17H21ClN2O3/c1-12(21)8-19-9-13-3-5-15(16(7-13)22-2)23-11-14-4-6-17(18)20-10-14/h3-7,10,12,19,21H,8-9,11H2,1-2H3/t12-/m0/s1. The molecule has 0 saturated heterocycles. The predicted molar refractivity (Wildman–Crippen MR) is 90.0 cm³/mol. The average molecular weight is 337 g/mol. The van der Waals surface area contributed by atoms with Crippen LogP contribution in [0.4, 0.5) is 0 Å². The Balaban J connectivity index is 1.97. The van der Waals surface area contributed by atoms with Crippen molar-refractivity contribution in [1.82, 2.24) is 10.3 Å². The van der Waals surface area contributed by atoms with Gasteiger partial charge >= 0.3 is 0 Å². The molecule has 6 heteroatoms. The van der Waals surface area contributed by atoms with Gasteiger partial charge in [-0.2, -0.15) is 0 Å². The number of methoxy groups -OCH3 is 1. The summed E-state index contributed by atoms with van der Waals surface area (Å²) in [4.78, 5) is 4.02. The van der Waals surface area contributed by atoms with E-state index in [1.54, 1.807) is 26.3 Å². The highest BCUT2D eigenvalue weighted by atomic mass is 35.5. The van der Waals surface area contributed by atoms with Crippen LogP contribution in [0.25, 0.3) is 0 Å². The summed E-state index contributed by atoms with van der Waals surface area (Å²) < 4.78 is 11.2. The van der Waals surface area contributed by atoms with E-state index in [1.807, 2.05) is 24.3 Å². The normalized spacial score (nSPS) is 12.0. The van der Waals surface area contributed by atoms with E-state index in [-0.39, 0.29) is 6.10 Å². The number of aromatic nitrogens is 1. The van der Waals surface area contributed by atoms with Crippen LogP contribution in [0, 0.1) is 0 Å². The van der Waals surface area contributed by atoms with Crippen molar-refractivity contribution in [2.24, 2.45) is 0 Å². The van der Waals surface area contributed by atoms with Crippen molar-refractivity contribution in [2.45, 2.75) is 26.2 Å². The van der Waals surface area contributed by atoms with Crippen LogP contribution in [0.5, 0.6) is 11.5 Å². The first kappa shape index (κ1) is 17.5. The summed E-state index contributed by atoms with van der Waals surface area (Å²) in [6, 6.07) is 9.36. The van der Waals surface area contributed by atoms with Crippen molar-refractivity contribution >= 4 is 11.6 Å². The summed E-state index contributed by atoms with van der Waals surface area (Å²) in [5.41, 5.74) is 1.99. The van der Waals surface area contributed by atoms with Crippen LogP contribution < -0.4 is 14.8 Å². The fraction of sp³-hybridized carbons (Fsp3) is 0.353.